The molecule has 4 N–H and O–H groups in total. The lowest BCUT2D eigenvalue weighted by atomic mass is 10.1. The minimum absolute atomic E-state index is 0.0219. The van der Waals surface area contributed by atoms with Gasteiger partial charge in [-0.05, 0) is 77.3 Å². The third-order valence-electron chi connectivity index (χ3n) is 4.43. The van der Waals surface area contributed by atoms with Crippen LogP contribution in [-0.4, -0.2) is 41.9 Å². The highest BCUT2D eigenvalue weighted by molar-refractivity contribution is 7.08. The van der Waals surface area contributed by atoms with Crippen LogP contribution in [0.3, 0.4) is 0 Å². The Morgan fingerprint density at radius 3 is 2.50 bits per heavy atom. The topological polar surface area (TPSA) is 90.8 Å². The second-order valence-corrected chi connectivity index (χ2v) is 7.75. The van der Waals surface area contributed by atoms with Gasteiger partial charge in [-0.3, -0.25) is 4.79 Å². The Bertz CT molecular complexity index is 896. The number of carbonyl (C=O) groups excluding carboxylic acids is 1. The van der Waals surface area contributed by atoms with Crippen LogP contribution in [0.25, 0.3) is 0 Å². The highest BCUT2D eigenvalue weighted by Gasteiger charge is 2.06. The van der Waals surface area contributed by atoms with Crippen LogP contribution in [0.2, 0.25) is 0 Å². The van der Waals surface area contributed by atoms with Crippen molar-refractivity contribution in [3.8, 4) is 11.5 Å². The van der Waals surface area contributed by atoms with E-state index >= 15 is 0 Å². The first-order valence-electron chi connectivity index (χ1n) is 9.79. The first-order valence-corrected chi connectivity index (χ1v) is 10.7. The van der Waals surface area contributed by atoms with Crippen molar-refractivity contribution < 1.29 is 19.7 Å². The highest BCUT2D eigenvalue weighted by Crippen LogP contribution is 2.16. The predicted molar refractivity (Wildman–Crippen MR) is 119 cm³/mol. The number of aliphatic hydroxyl groups is 1. The summed E-state index contributed by atoms with van der Waals surface area (Å²) in [4.78, 5) is 12.0. The molecular weight excluding hydrogens is 400 g/mol. The van der Waals surface area contributed by atoms with Crippen LogP contribution in [0.5, 0.6) is 11.5 Å². The van der Waals surface area contributed by atoms with Crippen molar-refractivity contribution >= 4 is 22.9 Å². The van der Waals surface area contributed by atoms with E-state index in [0.29, 0.717) is 18.7 Å². The van der Waals surface area contributed by atoms with Crippen molar-refractivity contribution in [2.24, 2.45) is 0 Å². The molecule has 0 saturated heterocycles. The van der Waals surface area contributed by atoms with Gasteiger partial charge in [0.1, 0.15) is 24.2 Å². The number of ether oxygens (including phenoxy) is 1. The molecule has 2 aromatic carbocycles. The molecule has 3 rings (SSSR count). The maximum absolute atomic E-state index is 12.0. The van der Waals surface area contributed by atoms with Gasteiger partial charge < -0.3 is 25.6 Å². The number of carbonyl (C=O) groups is 1. The van der Waals surface area contributed by atoms with E-state index in [1.807, 2.05) is 41.1 Å². The van der Waals surface area contributed by atoms with E-state index in [1.165, 1.54) is 0 Å². The maximum Gasteiger partial charge on any atom is 0.228 e. The number of rotatable bonds is 11. The van der Waals surface area contributed by atoms with Gasteiger partial charge in [-0.2, -0.15) is 11.3 Å². The fourth-order valence-electron chi connectivity index (χ4n) is 2.83. The number of aromatic hydroxyl groups is 1. The molecular formula is C23H26N2O4S. The smallest absolute Gasteiger partial charge is 0.228 e. The van der Waals surface area contributed by atoms with Crippen molar-refractivity contribution in [1.29, 1.82) is 0 Å². The summed E-state index contributed by atoms with van der Waals surface area (Å²) in [5.74, 6) is 0.763. The minimum atomic E-state index is -0.625. The third kappa shape index (κ3) is 7.51. The number of amides is 1. The molecule has 0 fully saturated rings. The summed E-state index contributed by atoms with van der Waals surface area (Å²) in [7, 11) is 0. The second kappa shape index (κ2) is 11.3. The van der Waals surface area contributed by atoms with Gasteiger partial charge in [0.2, 0.25) is 5.91 Å². The van der Waals surface area contributed by atoms with E-state index in [4.69, 9.17) is 4.74 Å². The molecule has 1 aromatic heterocycles. The molecule has 0 aliphatic carbocycles. The summed E-state index contributed by atoms with van der Waals surface area (Å²) in [5, 5.41) is 29.3. The summed E-state index contributed by atoms with van der Waals surface area (Å²) in [6, 6.07) is 16.1. The number of thiophene rings is 1. The van der Waals surface area contributed by atoms with Gasteiger partial charge in [-0.1, -0.05) is 12.1 Å². The van der Waals surface area contributed by atoms with Gasteiger partial charge in [-0.15, -0.1) is 0 Å². The summed E-state index contributed by atoms with van der Waals surface area (Å²) in [6.45, 7) is 1.33. The predicted octanol–water partition coefficient (Wildman–Crippen LogP) is 3.21. The number of nitrogens with one attached hydrogen (secondary N) is 2. The Labute approximate surface area is 180 Å². The van der Waals surface area contributed by atoms with Crippen molar-refractivity contribution in [3.05, 3.63) is 76.5 Å². The SMILES string of the molecule is O=C(Cc1ccsc1)Nc1ccc(CCNC[C@H](O)COc2ccc(O)cc2)cc1. The van der Waals surface area contributed by atoms with Crippen LogP contribution in [0.4, 0.5) is 5.69 Å². The number of aliphatic hydroxyl groups excluding tert-OH is 1. The molecule has 0 aliphatic rings. The van der Waals surface area contributed by atoms with Crippen LogP contribution in [0, 0.1) is 0 Å². The number of benzene rings is 2. The normalized spacial score (nSPS) is 11.8. The molecule has 6 nitrogen and oxygen atoms in total. The molecule has 30 heavy (non-hydrogen) atoms. The molecule has 1 atom stereocenters. The summed E-state index contributed by atoms with van der Waals surface area (Å²) in [6.07, 6.45) is 0.572. The summed E-state index contributed by atoms with van der Waals surface area (Å²) >= 11 is 1.59. The summed E-state index contributed by atoms with van der Waals surface area (Å²) in [5.41, 5.74) is 2.96. The Morgan fingerprint density at radius 1 is 1.03 bits per heavy atom. The molecule has 0 aliphatic heterocycles. The van der Waals surface area contributed by atoms with Crippen molar-refractivity contribution in [1.82, 2.24) is 5.32 Å². The van der Waals surface area contributed by atoms with Crippen molar-refractivity contribution in [3.63, 3.8) is 0 Å². The largest absolute Gasteiger partial charge is 0.508 e. The maximum atomic E-state index is 12.0. The number of phenols is 1. The molecule has 1 heterocycles. The molecule has 0 unspecified atom stereocenters. The van der Waals surface area contributed by atoms with Crippen LogP contribution in [-0.2, 0) is 17.6 Å². The molecule has 1 amide bonds. The van der Waals surface area contributed by atoms with Gasteiger partial charge >= 0.3 is 0 Å². The molecule has 0 saturated carbocycles. The molecule has 0 bridgehead atoms. The first-order chi connectivity index (χ1) is 14.6. The van der Waals surface area contributed by atoms with Gasteiger partial charge in [0.15, 0.2) is 0 Å². The first kappa shape index (κ1) is 21.8. The molecule has 158 valence electrons. The van der Waals surface area contributed by atoms with E-state index in [9.17, 15) is 15.0 Å². The van der Waals surface area contributed by atoms with Crippen LogP contribution in [0.1, 0.15) is 11.1 Å². The zero-order valence-corrected chi connectivity index (χ0v) is 17.4. The molecule has 0 radical (unpaired) electrons. The zero-order valence-electron chi connectivity index (χ0n) is 16.6. The lowest BCUT2D eigenvalue weighted by Crippen LogP contribution is -2.32. The third-order valence-corrected chi connectivity index (χ3v) is 5.16. The number of anilines is 1. The van der Waals surface area contributed by atoms with Crippen LogP contribution >= 0.6 is 11.3 Å². The van der Waals surface area contributed by atoms with Gasteiger partial charge in [0.25, 0.3) is 0 Å². The van der Waals surface area contributed by atoms with Crippen molar-refractivity contribution in [2.45, 2.75) is 18.9 Å². The van der Waals surface area contributed by atoms with E-state index in [1.54, 1.807) is 35.6 Å². The Balaban J connectivity index is 1.31. The van der Waals surface area contributed by atoms with Gasteiger partial charge in [0, 0.05) is 12.2 Å². The quantitative estimate of drug-likeness (QED) is 0.354. The lowest BCUT2D eigenvalue weighted by Gasteiger charge is -2.13. The number of hydrogen-bond donors (Lipinski definition) is 4. The Morgan fingerprint density at radius 2 is 1.80 bits per heavy atom. The van der Waals surface area contributed by atoms with E-state index in [0.717, 1.165) is 29.8 Å². The van der Waals surface area contributed by atoms with Crippen molar-refractivity contribution in [2.75, 3.05) is 25.0 Å². The van der Waals surface area contributed by atoms with Gasteiger partial charge in [0.05, 0.1) is 6.42 Å². The zero-order chi connectivity index (χ0) is 21.2. The summed E-state index contributed by atoms with van der Waals surface area (Å²) < 4.78 is 5.48. The Hall–Kier alpha value is -2.87. The average molecular weight is 427 g/mol. The fraction of sp³-hybridized carbons (Fsp3) is 0.261. The Kier molecular flexibility index (Phi) is 8.26. The monoisotopic (exact) mass is 426 g/mol. The van der Waals surface area contributed by atoms with E-state index in [-0.39, 0.29) is 18.3 Å². The second-order valence-electron chi connectivity index (χ2n) is 6.97. The minimum Gasteiger partial charge on any atom is -0.508 e. The lowest BCUT2D eigenvalue weighted by molar-refractivity contribution is -0.115. The molecule has 7 heteroatoms. The standard InChI is InChI=1S/C23H26N2O4S/c26-20-5-7-22(8-6-20)29-15-21(27)14-24-11-9-17-1-3-19(4-2-17)25-23(28)13-18-10-12-30-16-18/h1-8,10,12,16,21,24,26-27H,9,11,13-15H2,(H,25,28)/t21-/m0/s1. The van der Waals surface area contributed by atoms with Gasteiger partial charge in [-0.25, -0.2) is 0 Å². The number of phenolic OH excluding ortho intramolecular Hbond substituents is 1. The van der Waals surface area contributed by atoms with E-state index in [2.05, 4.69) is 10.6 Å². The van der Waals surface area contributed by atoms with E-state index < -0.39 is 6.10 Å². The molecule has 0 spiro atoms. The molecule has 3 aromatic rings. The van der Waals surface area contributed by atoms with Crippen LogP contribution < -0.4 is 15.4 Å². The average Bonchev–Trinajstić information content (AvgIpc) is 3.25. The number of hydrogen-bond acceptors (Lipinski definition) is 6. The van der Waals surface area contributed by atoms with Crippen LogP contribution in [0.15, 0.2) is 65.4 Å². The highest BCUT2D eigenvalue weighted by atomic mass is 32.1. The fourth-order valence-corrected chi connectivity index (χ4v) is 3.50.